The first-order valence-electron chi connectivity index (χ1n) is 18.1. The van der Waals surface area contributed by atoms with Crippen molar-refractivity contribution in [2.75, 3.05) is 26.2 Å². The van der Waals surface area contributed by atoms with Crippen molar-refractivity contribution in [2.24, 2.45) is 11.8 Å². The number of hydrogen-bond donors (Lipinski definition) is 4. The van der Waals surface area contributed by atoms with Crippen molar-refractivity contribution in [1.29, 1.82) is 0 Å². The van der Waals surface area contributed by atoms with Gasteiger partial charge in [0.25, 0.3) is 0 Å². The predicted octanol–water partition coefficient (Wildman–Crippen LogP) is 5.96. The molecular weight excluding hydrogens is 606 g/mol. The van der Waals surface area contributed by atoms with Crippen molar-refractivity contribution < 1.29 is 29.3 Å². The molecule has 9 heteroatoms. The van der Waals surface area contributed by atoms with Crippen molar-refractivity contribution >= 4 is 12.0 Å². The van der Waals surface area contributed by atoms with Gasteiger partial charge < -0.3 is 35.2 Å². The molecule has 3 unspecified atom stereocenters. The first kappa shape index (κ1) is 37.7. The molecule has 9 nitrogen and oxygen atoms in total. The molecular formula is C39H59N3O6. The zero-order valence-corrected chi connectivity index (χ0v) is 29.7. The number of nitrogens with one attached hydrogen (secondary N) is 2. The Bertz CT molecular complexity index is 1290. The SMILES string of the molecule is CCN(CC)CCOc1ccc(CC(CC(O)C(CC2CCCCC2)NC(=O)OC(C)(C)C)C(=O)N[C@H]2c3ccccc3C[C@@H]2O)cc1. The number of amides is 2. The number of rotatable bonds is 16. The summed E-state index contributed by atoms with van der Waals surface area (Å²) in [5.74, 6) is 0.318. The maximum absolute atomic E-state index is 14.1. The van der Waals surface area contributed by atoms with Crippen LogP contribution in [-0.2, 0) is 22.4 Å². The molecule has 1 saturated carbocycles. The highest BCUT2D eigenvalue weighted by Gasteiger charge is 2.36. The van der Waals surface area contributed by atoms with Gasteiger partial charge in [-0.15, -0.1) is 0 Å². The van der Waals surface area contributed by atoms with Crippen molar-refractivity contribution in [2.45, 2.75) is 122 Å². The first-order chi connectivity index (χ1) is 23.0. The van der Waals surface area contributed by atoms with Crippen LogP contribution >= 0.6 is 0 Å². The number of hydrogen-bond acceptors (Lipinski definition) is 7. The van der Waals surface area contributed by atoms with Crippen molar-refractivity contribution in [3.05, 3.63) is 65.2 Å². The van der Waals surface area contributed by atoms with E-state index >= 15 is 0 Å². The number of fused-ring (bicyclic) bond motifs is 1. The van der Waals surface area contributed by atoms with Gasteiger partial charge in [0.1, 0.15) is 18.0 Å². The summed E-state index contributed by atoms with van der Waals surface area (Å²) < 4.78 is 11.6. The molecule has 0 saturated heterocycles. The molecule has 2 aliphatic carbocycles. The molecule has 266 valence electrons. The second-order valence-electron chi connectivity index (χ2n) is 14.7. The normalized spacial score (nSPS) is 20.1. The first-order valence-corrected chi connectivity index (χ1v) is 18.1. The molecule has 4 rings (SSSR count). The summed E-state index contributed by atoms with van der Waals surface area (Å²) in [4.78, 5) is 29.3. The number of carbonyl (C=O) groups excluding carboxylic acids is 2. The van der Waals surface area contributed by atoms with Gasteiger partial charge in [0, 0.05) is 18.9 Å². The Morgan fingerprint density at radius 3 is 2.35 bits per heavy atom. The van der Waals surface area contributed by atoms with Crippen LogP contribution in [0.15, 0.2) is 48.5 Å². The van der Waals surface area contributed by atoms with Crippen molar-refractivity contribution in [3.63, 3.8) is 0 Å². The van der Waals surface area contributed by atoms with Gasteiger partial charge >= 0.3 is 6.09 Å². The summed E-state index contributed by atoms with van der Waals surface area (Å²) in [6.07, 6.45) is 4.99. The van der Waals surface area contributed by atoms with Crippen molar-refractivity contribution in [3.8, 4) is 5.75 Å². The number of aliphatic hydroxyl groups excluding tert-OH is 2. The average molecular weight is 666 g/mol. The number of carbonyl (C=O) groups is 2. The lowest BCUT2D eigenvalue weighted by molar-refractivity contribution is -0.127. The fraction of sp³-hybridized carbons (Fsp3) is 0.641. The van der Waals surface area contributed by atoms with E-state index in [1.807, 2.05) is 69.3 Å². The Morgan fingerprint density at radius 1 is 1.00 bits per heavy atom. The van der Waals surface area contributed by atoms with Crippen LogP contribution in [0.25, 0.3) is 0 Å². The number of benzene rings is 2. The van der Waals surface area contributed by atoms with E-state index in [-0.39, 0.29) is 12.3 Å². The van der Waals surface area contributed by atoms with E-state index < -0.39 is 41.9 Å². The Morgan fingerprint density at radius 2 is 1.69 bits per heavy atom. The number of likely N-dealkylation sites (N-methyl/N-ethyl adjacent to an activating group) is 1. The molecule has 2 amide bonds. The molecule has 2 aromatic carbocycles. The zero-order chi connectivity index (χ0) is 34.7. The molecule has 2 aliphatic rings. The lowest BCUT2D eigenvalue weighted by Crippen LogP contribution is -2.48. The summed E-state index contributed by atoms with van der Waals surface area (Å²) in [6, 6.07) is 14.5. The van der Waals surface area contributed by atoms with E-state index in [4.69, 9.17) is 9.47 Å². The lowest BCUT2D eigenvalue weighted by atomic mass is 9.82. The summed E-state index contributed by atoms with van der Waals surface area (Å²) in [5, 5.41) is 28.7. The van der Waals surface area contributed by atoms with Crippen LogP contribution in [0, 0.1) is 11.8 Å². The summed E-state index contributed by atoms with van der Waals surface area (Å²) in [5.41, 5.74) is 2.21. The molecule has 0 heterocycles. The van der Waals surface area contributed by atoms with E-state index in [9.17, 15) is 19.8 Å². The molecule has 4 N–H and O–H groups in total. The van der Waals surface area contributed by atoms with Crippen LogP contribution in [0.4, 0.5) is 4.79 Å². The fourth-order valence-corrected chi connectivity index (χ4v) is 7.15. The van der Waals surface area contributed by atoms with Gasteiger partial charge in [-0.05, 0) is 87.9 Å². The maximum Gasteiger partial charge on any atom is 0.407 e. The van der Waals surface area contributed by atoms with E-state index in [0.29, 0.717) is 31.8 Å². The third-order valence-electron chi connectivity index (χ3n) is 9.85. The van der Waals surface area contributed by atoms with Crippen LogP contribution in [0.2, 0.25) is 0 Å². The molecule has 0 aliphatic heterocycles. The monoisotopic (exact) mass is 665 g/mol. The minimum absolute atomic E-state index is 0.144. The number of ether oxygens (including phenoxy) is 2. The minimum Gasteiger partial charge on any atom is -0.492 e. The largest absolute Gasteiger partial charge is 0.492 e. The topological polar surface area (TPSA) is 120 Å². The van der Waals surface area contributed by atoms with E-state index in [2.05, 4.69) is 29.4 Å². The maximum atomic E-state index is 14.1. The molecule has 0 radical (unpaired) electrons. The second kappa shape index (κ2) is 18.0. The molecule has 2 aromatic rings. The van der Waals surface area contributed by atoms with E-state index in [0.717, 1.165) is 67.8 Å². The Kier molecular flexibility index (Phi) is 14.1. The molecule has 0 bridgehead atoms. The van der Waals surface area contributed by atoms with Gasteiger partial charge in [-0.3, -0.25) is 4.79 Å². The van der Waals surface area contributed by atoms with Gasteiger partial charge in [-0.25, -0.2) is 4.79 Å². The summed E-state index contributed by atoms with van der Waals surface area (Å²) in [6.45, 7) is 13.1. The lowest BCUT2D eigenvalue weighted by Gasteiger charge is -2.32. The quantitative estimate of drug-likeness (QED) is 0.175. The van der Waals surface area contributed by atoms with E-state index in [1.54, 1.807) is 0 Å². The summed E-state index contributed by atoms with van der Waals surface area (Å²) >= 11 is 0. The number of alkyl carbamates (subject to hydrolysis) is 1. The van der Waals surface area contributed by atoms with Gasteiger partial charge in [0.2, 0.25) is 5.91 Å². The highest BCUT2D eigenvalue weighted by molar-refractivity contribution is 5.80. The van der Waals surface area contributed by atoms with Crippen LogP contribution < -0.4 is 15.4 Å². The smallest absolute Gasteiger partial charge is 0.407 e. The number of aliphatic hydroxyl groups is 2. The summed E-state index contributed by atoms with van der Waals surface area (Å²) in [7, 11) is 0. The van der Waals surface area contributed by atoms with Gasteiger partial charge in [-0.2, -0.15) is 0 Å². The Hall–Kier alpha value is -3.14. The van der Waals surface area contributed by atoms with Crippen LogP contribution in [0.1, 0.15) is 102 Å². The molecule has 5 atom stereocenters. The van der Waals surface area contributed by atoms with Gasteiger partial charge in [-0.1, -0.05) is 82.3 Å². The van der Waals surface area contributed by atoms with Crippen molar-refractivity contribution in [1.82, 2.24) is 15.5 Å². The van der Waals surface area contributed by atoms with Gasteiger partial charge in [0.05, 0.1) is 24.3 Å². The molecule has 0 aromatic heterocycles. The highest BCUT2D eigenvalue weighted by Crippen LogP contribution is 2.33. The highest BCUT2D eigenvalue weighted by atomic mass is 16.6. The molecule has 1 fully saturated rings. The van der Waals surface area contributed by atoms with Crippen LogP contribution in [0.3, 0.4) is 0 Å². The third kappa shape index (κ3) is 11.5. The Balaban J connectivity index is 1.51. The van der Waals surface area contributed by atoms with Crippen LogP contribution in [0.5, 0.6) is 5.75 Å². The average Bonchev–Trinajstić information content (AvgIpc) is 3.37. The minimum atomic E-state index is -0.973. The zero-order valence-electron chi connectivity index (χ0n) is 29.7. The Labute approximate surface area is 287 Å². The van der Waals surface area contributed by atoms with Gasteiger partial charge in [0.15, 0.2) is 0 Å². The molecule has 0 spiro atoms. The number of nitrogens with zero attached hydrogens (tertiary/aromatic N) is 1. The van der Waals surface area contributed by atoms with Crippen LogP contribution in [-0.4, -0.2) is 77.2 Å². The standard InChI is InChI=1S/C39H59N3O6/c1-6-42(7-2)21-22-47-31-19-17-28(18-20-31)23-30(37(45)41-36-32-16-12-11-15-29(32)25-35(36)44)26-34(43)33(24-27-13-9-8-10-14-27)40-38(46)48-39(3,4)5/h11-12,15-20,27,30,33-36,43-44H,6-10,13-14,21-26H2,1-5H3,(H,40,46)(H,41,45)/t30?,33?,34?,35-,36-/m0/s1. The predicted molar refractivity (Wildman–Crippen MR) is 189 cm³/mol. The van der Waals surface area contributed by atoms with E-state index in [1.165, 1.54) is 6.42 Å². The third-order valence-corrected chi connectivity index (χ3v) is 9.85. The molecule has 48 heavy (non-hydrogen) atoms. The fourth-order valence-electron chi connectivity index (χ4n) is 7.15. The second-order valence-corrected chi connectivity index (χ2v) is 14.7.